The molecule has 2 N–H and O–H groups in total. The van der Waals surface area contributed by atoms with E-state index < -0.39 is 11.8 Å². The van der Waals surface area contributed by atoms with Gasteiger partial charge in [-0.2, -0.15) is 0 Å². The Morgan fingerprint density at radius 3 is 2.00 bits per heavy atom. The van der Waals surface area contributed by atoms with Crippen molar-refractivity contribution in [2.24, 2.45) is 0 Å². The van der Waals surface area contributed by atoms with Crippen molar-refractivity contribution < 1.29 is 19.1 Å². The third-order valence-electron chi connectivity index (χ3n) is 3.49. The molecule has 2 aromatic rings. The lowest BCUT2D eigenvalue weighted by Crippen LogP contribution is -2.45. The van der Waals surface area contributed by atoms with E-state index in [0.29, 0.717) is 11.5 Å². The van der Waals surface area contributed by atoms with Crippen LogP contribution in [-0.4, -0.2) is 25.0 Å². The zero-order chi connectivity index (χ0) is 19.1. The molecule has 0 aromatic heterocycles. The fourth-order valence-electron chi connectivity index (χ4n) is 2.08. The fourth-order valence-corrected chi connectivity index (χ4v) is 2.69. The maximum absolute atomic E-state index is 11.8. The van der Waals surface area contributed by atoms with Gasteiger partial charge in [0.25, 0.3) is 11.8 Å². The summed E-state index contributed by atoms with van der Waals surface area (Å²) in [5, 5.41) is 0. The first kappa shape index (κ1) is 19.8. The van der Waals surface area contributed by atoms with E-state index in [9.17, 15) is 9.59 Å². The first-order valence-electron chi connectivity index (χ1n) is 8.02. The summed E-state index contributed by atoms with van der Waals surface area (Å²) in [5.41, 5.74) is 7.63. The van der Waals surface area contributed by atoms with Crippen LogP contribution in [0.4, 0.5) is 0 Å². The monoisotopic (exact) mass is 420 g/mol. The van der Waals surface area contributed by atoms with Crippen LogP contribution in [0.15, 0.2) is 40.9 Å². The number of rotatable bonds is 6. The average molecular weight is 421 g/mol. The van der Waals surface area contributed by atoms with Crippen LogP contribution < -0.4 is 20.3 Å². The van der Waals surface area contributed by atoms with Crippen LogP contribution in [-0.2, 0) is 9.59 Å². The minimum atomic E-state index is -0.474. The highest BCUT2D eigenvalue weighted by Gasteiger charge is 2.09. The van der Waals surface area contributed by atoms with Crippen LogP contribution >= 0.6 is 15.9 Å². The SMILES string of the molecule is Cc1ccc(OCC(=O)NNC(=O)COc2cc(C)ccc2C)c(Br)c1. The van der Waals surface area contributed by atoms with Gasteiger partial charge in [0.15, 0.2) is 13.2 Å². The lowest BCUT2D eigenvalue weighted by molar-refractivity contribution is -0.131. The zero-order valence-corrected chi connectivity index (χ0v) is 16.5. The lowest BCUT2D eigenvalue weighted by atomic mass is 10.1. The number of amides is 2. The van der Waals surface area contributed by atoms with E-state index in [-0.39, 0.29) is 13.2 Å². The number of hydrogen-bond donors (Lipinski definition) is 2. The normalized spacial score (nSPS) is 10.2. The van der Waals surface area contributed by atoms with Gasteiger partial charge in [0.2, 0.25) is 0 Å². The van der Waals surface area contributed by atoms with Crippen molar-refractivity contribution in [3.63, 3.8) is 0 Å². The molecule has 2 rings (SSSR count). The molecule has 0 aliphatic heterocycles. The summed E-state index contributed by atoms with van der Waals surface area (Å²) in [4.78, 5) is 23.5. The number of halogens is 1. The summed E-state index contributed by atoms with van der Waals surface area (Å²) in [5.74, 6) is 0.252. The molecular formula is C19H21BrN2O4. The molecule has 0 bridgehead atoms. The molecule has 0 saturated heterocycles. The maximum atomic E-state index is 11.8. The van der Waals surface area contributed by atoms with Crippen molar-refractivity contribution in [2.75, 3.05) is 13.2 Å². The quantitative estimate of drug-likeness (QED) is 0.704. The van der Waals surface area contributed by atoms with E-state index in [4.69, 9.17) is 9.47 Å². The van der Waals surface area contributed by atoms with Crippen molar-refractivity contribution in [2.45, 2.75) is 20.8 Å². The van der Waals surface area contributed by atoms with Crippen LogP contribution in [0, 0.1) is 20.8 Å². The highest BCUT2D eigenvalue weighted by Crippen LogP contribution is 2.25. The lowest BCUT2D eigenvalue weighted by Gasteiger charge is -2.12. The average Bonchev–Trinajstić information content (AvgIpc) is 2.60. The largest absolute Gasteiger partial charge is 0.483 e. The minimum absolute atomic E-state index is 0.199. The molecule has 0 aliphatic carbocycles. The number of carbonyl (C=O) groups is 2. The van der Waals surface area contributed by atoms with Crippen molar-refractivity contribution in [3.05, 3.63) is 57.6 Å². The van der Waals surface area contributed by atoms with Crippen LogP contribution in [0.1, 0.15) is 16.7 Å². The van der Waals surface area contributed by atoms with E-state index >= 15 is 0 Å². The van der Waals surface area contributed by atoms with Gasteiger partial charge in [-0.3, -0.25) is 20.4 Å². The standard InChI is InChI=1S/C19H21BrN2O4/c1-12-5-7-16(15(20)8-12)25-10-18(23)21-22-19(24)11-26-17-9-13(2)4-6-14(17)3/h4-9H,10-11H2,1-3H3,(H,21,23)(H,22,24). The predicted molar refractivity (Wildman–Crippen MR) is 102 cm³/mol. The molecule has 26 heavy (non-hydrogen) atoms. The van der Waals surface area contributed by atoms with Gasteiger partial charge in [-0.05, 0) is 71.6 Å². The summed E-state index contributed by atoms with van der Waals surface area (Å²) in [6, 6.07) is 11.3. The highest BCUT2D eigenvalue weighted by atomic mass is 79.9. The summed E-state index contributed by atoms with van der Waals surface area (Å²) >= 11 is 3.37. The second-order valence-electron chi connectivity index (χ2n) is 5.88. The molecule has 7 heteroatoms. The Kier molecular flexibility index (Phi) is 7.03. The molecule has 0 atom stereocenters. The Bertz CT molecular complexity index is 808. The third-order valence-corrected chi connectivity index (χ3v) is 4.11. The third kappa shape index (κ3) is 6.07. The van der Waals surface area contributed by atoms with Crippen LogP contribution in [0.3, 0.4) is 0 Å². The molecule has 0 radical (unpaired) electrons. The smallest absolute Gasteiger partial charge is 0.276 e. The highest BCUT2D eigenvalue weighted by molar-refractivity contribution is 9.10. The Hall–Kier alpha value is -2.54. The van der Waals surface area contributed by atoms with Gasteiger partial charge in [0, 0.05) is 0 Å². The molecule has 0 unspecified atom stereocenters. The molecule has 0 heterocycles. The number of hydrazine groups is 1. The molecule has 2 amide bonds. The van der Waals surface area contributed by atoms with E-state index in [0.717, 1.165) is 21.2 Å². The topological polar surface area (TPSA) is 76.7 Å². The number of aryl methyl sites for hydroxylation is 3. The summed E-state index contributed by atoms with van der Waals surface area (Å²) in [7, 11) is 0. The van der Waals surface area contributed by atoms with Gasteiger partial charge in [-0.1, -0.05) is 18.2 Å². The number of benzene rings is 2. The van der Waals surface area contributed by atoms with E-state index in [2.05, 4.69) is 26.8 Å². The van der Waals surface area contributed by atoms with Crippen molar-refractivity contribution in [1.82, 2.24) is 10.9 Å². The van der Waals surface area contributed by atoms with Crippen LogP contribution in [0.2, 0.25) is 0 Å². The molecule has 0 spiro atoms. The summed E-state index contributed by atoms with van der Waals surface area (Å²) < 4.78 is 11.6. The Morgan fingerprint density at radius 2 is 1.38 bits per heavy atom. The minimum Gasteiger partial charge on any atom is -0.483 e. The van der Waals surface area contributed by atoms with E-state index in [1.165, 1.54) is 0 Å². The fraction of sp³-hybridized carbons (Fsp3) is 0.263. The number of carbonyl (C=O) groups excluding carboxylic acids is 2. The summed E-state index contributed by atoms with van der Waals surface area (Å²) in [6.07, 6.45) is 0. The van der Waals surface area contributed by atoms with Crippen molar-refractivity contribution in [3.8, 4) is 11.5 Å². The van der Waals surface area contributed by atoms with Gasteiger partial charge in [0.05, 0.1) is 4.47 Å². The van der Waals surface area contributed by atoms with Crippen molar-refractivity contribution >= 4 is 27.7 Å². The predicted octanol–water partition coefficient (Wildman–Crippen LogP) is 2.98. The Morgan fingerprint density at radius 1 is 0.846 bits per heavy atom. The van der Waals surface area contributed by atoms with Gasteiger partial charge in [0.1, 0.15) is 11.5 Å². The van der Waals surface area contributed by atoms with Gasteiger partial charge >= 0.3 is 0 Å². The first-order valence-corrected chi connectivity index (χ1v) is 8.81. The van der Waals surface area contributed by atoms with Gasteiger partial charge in [-0.15, -0.1) is 0 Å². The maximum Gasteiger partial charge on any atom is 0.276 e. The van der Waals surface area contributed by atoms with Gasteiger partial charge < -0.3 is 9.47 Å². The van der Waals surface area contributed by atoms with Crippen molar-refractivity contribution in [1.29, 1.82) is 0 Å². The second-order valence-corrected chi connectivity index (χ2v) is 6.73. The molecule has 6 nitrogen and oxygen atoms in total. The molecule has 2 aromatic carbocycles. The van der Waals surface area contributed by atoms with Gasteiger partial charge in [-0.25, -0.2) is 0 Å². The molecule has 0 fully saturated rings. The number of hydrogen-bond acceptors (Lipinski definition) is 4. The second kappa shape index (κ2) is 9.24. The van der Waals surface area contributed by atoms with E-state index in [1.54, 1.807) is 6.07 Å². The number of nitrogens with one attached hydrogen (secondary N) is 2. The first-order chi connectivity index (χ1) is 12.3. The Balaban J connectivity index is 1.73. The molecule has 0 aliphatic rings. The molecule has 0 saturated carbocycles. The molecular weight excluding hydrogens is 400 g/mol. The van der Waals surface area contributed by atoms with Crippen LogP contribution in [0.25, 0.3) is 0 Å². The number of ether oxygens (including phenoxy) is 2. The van der Waals surface area contributed by atoms with E-state index in [1.807, 2.05) is 51.1 Å². The van der Waals surface area contributed by atoms with Crippen LogP contribution in [0.5, 0.6) is 11.5 Å². The molecule has 138 valence electrons. The zero-order valence-electron chi connectivity index (χ0n) is 14.9. The Labute approximate surface area is 161 Å². The summed E-state index contributed by atoms with van der Waals surface area (Å²) in [6.45, 7) is 5.37.